The zero-order valence-corrected chi connectivity index (χ0v) is 10.3. The van der Waals surface area contributed by atoms with Gasteiger partial charge in [0.05, 0.1) is 0 Å². The summed E-state index contributed by atoms with van der Waals surface area (Å²) in [7, 11) is 1.73. The fourth-order valence-corrected chi connectivity index (χ4v) is 2.38. The molecule has 0 amide bonds. The van der Waals surface area contributed by atoms with Crippen molar-refractivity contribution in [3.05, 3.63) is 10.3 Å². The predicted octanol–water partition coefficient (Wildman–Crippen LogP) is 0.760. The molecule has 1 saturated heterocycles. The smallest absolute Gasteiger partial charge is 0.190 e. The summed E-state index contributed by atoms with van der Waals surface area (Å²) in [6.45, 7) is 3.60. The summed E-state index contributed by atoms with van der Waals surface area (Å²) in [5, 5.41) is 10.9. The minimum atomic E-state index is -0.321. The zero-order valence-electron chi connectivity index (χ0n) is 8.75. The van der Waals surface area contributed by atoms with Gasteiger partial charge in [-0.1, -0.05) is 12.1 Å². The van der Waals surface area contributed by atoms with Crippen LogP contribution in [0.1, 0.15) is 23.8 Å². The van der Waals surface area contributed by atoms with E-state index < -0.39 is 0 Å². The molecular formula is C9H13BrN4O. The Bertz CT molecular complexity index is 375. The number of Topliss-reactive ketones (excluding diaryl/α,β-unsaturated/α-hetero) is 1. The molecule has 1 aliphatic heterocycles. The Morgan fingerprint density at radius 1 is 1.67 bits per heavy atom. The van der Waals surface area contributed by atoms with Crippen LogP contribution in [-0.2, 0) is 7.05 Å². The van der Waals surface area contributed by atoms with Crippen molar-refractivity contribution in [2.24, 2.45) is 12.5 Å². The predicted molar refractivity (Wildman–Crippen MR) is 58.6 cm³/mol. The molecule has 2 heterocycles. The molecule has 1 unspecified atom stereocenters. The highest BCUT2D eigenvalue weighted by Crippen LogP contribution is 2.30. The number of nitrogens with zero attached hydrogens (tertiary/aromatic N) is 3. The molecule has 1 aliphatic rings. The molecule has 6 heteroatoms. The molecule has 1 N–H and O–H groups in total. The topological polar surface area (TPSA) is 59.8 Å². The van der Waals surface area contributed by atoms with Gasteiger partial charge in [-0.2, -0.15) is 0 Å². The summed E-state index contributed by atoms with van der Waals surface area (Å²) in [5.74, 6) is 0.104. The molecule has 0 aromatic carbocycles. The Kier molecular flexibility index (Phi) is 2.64. The van der Waals surface area contributed by atoms with Gasteiger partial charge >= 0.3 is 0 Å². The third-order valence-electron chi connectivity index (χ3n) is 2.92. The lowest BCUT2D eigenvalue weighted by molar-refractivity contribution is 0.0828. The van der Waals surface area contributed by atoms with Crippen molar-refractivity contribution in [3.8, 4) is 0 Å². The van der Waals surface area contributed by atoms with Crippen molar-refractivity contribution in [2.45, 2.75) is 13.3 Å². The van der Waals surface area contributed by atoms with E-state index in [1.807, 2.05) is 6.92 Å². The maximum Gasteiger partial charge on any atom is 0.190 e. The second-order valence-electron chi connectivity index (χ2n) is 4.17. The van der Waals surface area contributed by atoms with Crippen molar-refractivity contribution in [1.82, 2.24) is 20.3 Å². The van der Waals surface area contributed by atoms with Crippen LogP contribution in [0.4, 0.5) is 0 Å². The van der Waals surface area contributed by atoms with Crippen LogP contribution in [0.3, 0.4) is 0 Å². The van der Waals surface area contributed by atoms with Gasteiger partial charge in [-0.05, 0) is 28.9 Å². The van der Waals surface area contributed by atoms with Crippen LogP contribution >= 0.6 is 15.9 Å². The molecule has 1 aromatic rings. The summed E-state index contributed by atoms with van der Waals surface area (Å²) < 4.78 is 2.05. The van der Waals surface area contributed by atoms with E-state index in [1.165, 1.54) is 4.68 Å². The number of hydrogen-bond acceptors (Lipinski definition) is 4. The van der Waals surface area contributed by atoms with Crippen LogP contribution in [0.5, 0.6) is 0 Å². The summed E-state index contributed by atoms with van der Waals surface area (Å²) in [5.41, 5.74) is 0.235. The summed E-state index contributed by atoms with van der Waals surface area (Å²) >= 11 is 3.25. The molecule has 5 nitrogen and oxygen atoms in total. The Morgan fingerprint density at radius 3 is 2.87 bits per heavy atom. The Labute approximate surface area is 96.4 Å². The van der Waals surface area contributed by atoms with E-state index in [4.69, 9.17) is 0 Å². The number of ketones is 1. The maximum atomic E-state index is 12.3. The van der Waals surface area contributed by atoms with E-state index in [9.17, 15) is 4.79 Å². The number of aromatic nitrogens is 3. The molecule has 0 radical (unpaired) electrons. The first kappa shape index (κ1) is 10.8. The van der Waals surface area contributed by atoms with Crippen molar-refractivity contribution < 1.29 is 4.79 Å². The van der Waals surface area contributed by atoms with Gasteiger partial charge in [0, 0.05) is 19.0 Å². The van der Waals surface area contributed by atoms with Gasteiger partial charge in [0.25, 0.3) is 0 Å². The van der Waals surface area contributed by atoms with E-state index in [0.29, 0.717) is 10.3 Å². The first-order valence-corrected chi connectivity index (χ1v) is 5.64. The van der Waals surface area contributed by atoms with Crippen LogP contribution in [-0.4, -0.2) is 33.9 Å². The van der Waals surface area contributed by atoms with Gasteiger partial charge in [-0.15, -0.1) is 5.10 Å². The molecular weight excluding hydrogens is 260 g/mol. The van der Waals surface area contributed by atoms with E-state index in [2.05, 4.69) is 31.6 Å². The molecule has 82 valence electrons. The quantitative estimate of drug-likeness (QED) is 0.808. The second-order valence-corrected chi connectivity index (χ2v) is 4.92. The molecule has 1 atom stereocenters. The van der Waals surface area contributed by atoms with E-state index in [1.54, 1.807) is 7.05 Å². The highest BCUT2D eigenvalue weighted by Gasteiger charge is 2.39. The molecule has 0 spiro atoms. The van der Waals surface area contributed by atoms with Crippen LogP contribution in [0.25, 0.3) is 0 Å². The lowest BCUT2D eigenvalue weighted by atomic mass is 9.83. The largest absolute Gasteiger partial charge is 0.316 e. The van der Waals surface area contributed by atoms with Gasteiger partial charge in [0.2, 0.25) is 0 Å². The highest BCUT2D eigenvalue weighted by atomic mass is 79.9. The minimum Gasteiger partial charge on any atom is -0.316 e. The summed E-state index contributed by atoms with van der Waals surface area (Å²) in [6.07, 6.45) is 0.865. The minimum absolute atomic E-state index is 0.104. The maximum absolute atomic E-state index is 12.3. The van der Waals surface area contributed by atoms with Gasteiger partial charge < -0.3 is 5.32 Å². The number of nitrogens with one attached hydrogen (secondary N) is 1. The third kappa shape index (κ3) is 1.72. The Morgan fingerprint density at radius 2 is 2.40 bits per heavy atom. The van der Waals surface area contributed by atoms with Crippen molar-refractivity contribution >= 4 is 21.7 Å². The fourth-order valence-electron chi connectivity index (χ4n) is 1.87. The van der Waals surface area contributed by atoms with Gasteiger partial charge in [-0.25, -0.2) is 4.68 Å². The summed E-state index contributed by atoms with van der Waals surface area (Å²) in [6, 6.07) is 0. The van der Waals surface area contributed by atoms with E-state index >= 15 is 0 Å². The first-order chi connectivity index (χ1) is 7.04. The number of carbonyl (C=O) groups is 1. The molecule has 0 aliphatic carbocycles. The lowest BCUT2D eigenvalue weighted by Crippen LogP contribution is -2.31. The van der Waals surface area contributed by atoms with Crippen molar-refractivity contribution in [1.29, 1.82) is 0 Å². The van der Waals surface area contributed by atoms with Gasteiger partial charge in [0.1, 0.15) is 5.69 Å². The van der Waals surface area contributed by atoms with Crippen molar-refractivity contribution in [3.63, 3.8) is 0 Å². The highest BCUT2D eigenvalue weighted by molar-refractivity contribution is 9.10. The van der Waals surface area contributed by atoms with Gasteiger partial charge in [-0.3, -0.25) is 4.79 Å². The molecule has 0 saturated carbocycles. The van der Waals surface area contributed by atoms with Gasteiger partial charge in [0.15, 0.2) is 10.4 Å². The number of rotatable bonds is 2. The molecule has 0 bridgehead atoms. The van der Waals surface area contributed by atoms with Crippen molar-refractivity contribution in [2.75, 3.05) is 13.1 Å². The monoisotopic (exact) mass is 272 g/mol. The summed E-state index contributed by atoms with van der Waals surface area (Å²) in [4.78, 5) is 12.3. The van der Waals surface area contributed by atoms with Crippen LogP contribution in [0.2, 0.25) is 0 Å². The zero-order chi connectivity index (χ0) is 11.1. The molecule has 1 fully saturated rings. The fraction of sp³-hybridized carbons (Fsp3) is 0.667. The molecule has 15 heavy (non-hydrogen) atoms. The van der Waals surface area contributed by atoms with Crippen LogP contribution in [0.15, 0.2) is 4.60 Å². The standard InChI is InChI=1S/C9H13BrN4O/c1-9(3-4-11-5-9)7(15)6-8(10)12-13-14(6)2/h11H,3-5H2,1-2H3. The number of carbonyl (C=O) groups excluding carboxylic acids is 1. The van der Waals surface area contributed by atoms with E-state index in [-0.39, 0.29) is 11.2 Å². The van der Waals surface area contributed by atoms with E-state index in [0.717, 1.165) is 19.5 Å². The van der Waals surface area contributed by atoms with Crippen LogP contribution < -0.4 is 5.32 Å². The number of halogens is 1. The average Bonchev–Trinajstić information content (AvgIpc) is 2.75. The third-order valence-corrected chi connectivity index (χ3v) is 3.45. The Hall–Kier alpha value is -0.750. The SMILES string of the molecule is Cn1nnc(Br)c1C(=O)C1(C)CCNC1. The first-order valence-electron chi connectivity index (χ1n) is 4.85. The number of hydrogen-bond donors (Lipinski definition) is 1. The molecule has 2 rings (SSSR count). The molecule has 1 aromatic heterocycles. The average molecular weight is 273 g/mol. The van der Waals surface area contributed by atoms with Crippen LogP contribution in [0, 0.1) is 5.41 Å². The Balaban J connectivity index is 2.35. The second kappa shape index (κ2) is 3.68. The lowest BCUT2D eigenvalue weighted by Gasteiger charge is -2.20. The normalized spacial score (nSPS) is 25.8. The number of aryl methyl sites for hydroxylation is 1.